The Morgan fingerprint density at radius 2 is 0.909 bits per heavy atom. The van der Waals surface area contributed by atoms with Gasteiger partial charge in [0.2, 0.25) is 0 Å². The van der Waals surface area contributed by atoms with Gasteiger partial charge < -0.3 is 0 Å². The summed E-state index contributed by atoms with van der Waals surface area (Å²) in [5.41, 5.74) is 3.31. The highest BCUT2D eigenvalue weighted by atomic mass is 16.1. The van der Waals surface area contributed by atoms with Crippen molar-refractivity contribution in [1.82, 2.24) is 0 Å². The minimum absolute atomic E-state index is 0.0789. The summed E-state index contributed by atoms with van der Waals surface area (Å²) in [5.74, 6) is 0.373. The Morgan fingerprint density at radius 1 is 0.636 bits per heavy atom. The molecule has 1 rings (SSSR count). The molecule has 0 N–H and O–H groups in total. The van der Waals surface area contributed by atoms with E-state index in [2.05, 4.69) is 27.7 Å². The van der Waals surface area contributed by atoms with E-state index >= 15 is 0 Å². The number of rotatable bonds is 6. The standard InChI is InChI=1S/C20H30O2/c1-11(2)15-9-10-16(12(3)4)18(20(22)14(7)8)17(15)19(21)13(5)6/h9-14H,1-8H3. The Kier molecular flexibility index (Phi) is 6.10. The Bertz CT molecular complexity index is 512. The van der Waals surface area contributed by atoms with Gasteiger partial charge in [-0.3, -0.25) is 9.59 Å². The third-order valence-corrected chi connectivity index (χ3v) is 4.06. The van der Waals surface area contributed by atoms with E-state index in [1.54, 1.807) is 0 Å². The first kappa shape index (κ1) is 18.6. The number of carbonyl (C=O) groups excluding carboxylic acids is 2. The summed E-state index contributed by atoms with van der Waals surface area (Å²) in [5, 5.41) is 0. The van der Waals surface area contributed by atoms with Crippen LogP contribution in [0.2, 0.25) is 0 Å². The summed E-state index contributed by atoms with van der Waals surface area (Å²) >= 11 is 0. The molecule has 0 saturated carbocycles. The number of benzene rings is 1. The molecule has 0 bridgehead atoms. The second kappa shape index (κ2) is 7.21. The maximum absolute atomic E-state index is 12.8. The van der Waals surface area contributed by atoms with E-state index in [1.807, 2.05) is 39.8 Å². The number of hydrogen-bond acceptors (Lipinski definition) is 2. The van der Waals surface area contributed by atoms with Crippen LogP contribution < -0.4 is 0 Å². The average molecular weight is 302 g/mol. The molecule has 0 fully saturated rings. The quantitative estimate of drug-likeness (QED) is 0.640. The zero-order valence-electron chi connectivity index (χ0n) is 15.3. The molecule has 2 heteroatoms. The molecule has 0 amide bonds. The third-order valence-electron chi connectivity index (χ3n) is 4.06. The van der Waals surface area contributed by atoms with Gasteiger partial charge in [0.1, 0.15) is 0 Å². The molecule has 0 atom stereocenters. The lowest BCUT2D eigenvalue weighted by Crippen LogP contribution is -2.22. The lowest BCUT2D eigenvalue weighted by molar-refractivity contribution is 0.0903. The first-order chi connectivity index (χ1) is 10.1. The molecule has 1 aromatic rings. The van der Waals surface area contributed by atoms with Crippen LogP contribution in [0, 0.1) is 11.8 Å². The van der Waals surface area contributed by atoms with Crippen LogP contribution in [-0.4, -0.2) is 11.6 Å². The lowest BCUT2D eigenvalue weighted by atomic mass is 9.79. The van der Waals surface area contributed by atoms with E-state index in [0.29, 0.717) is 11.1 Å². The second-order valence-electron chi connectivity index (χ2n) is 7.34. The van der Waals surface area contributed by atoms with Crippen molar-refractivity contribution < 1.29 is 9.59 Å². The van der Waals surface area contributed by atoms with E-state index in [-0.39, 0.29) is 35.2 Å². The molecule has 0 radical (unpaired) electrons. The van der Waals surface area contributed by atoms with Gasteiger partial charge in [0, 0.05) is 23.0 Å². The van der Waals surface area contributed by atoms with E-state index in [1.165, 1.54) is 0 Å². The van der Waals surface area contributed by atoms with Crippen molar-refractivity contribution in [1.29, 1.82) is 0 Å². The number of hydrogen-bond donors (Lipinski definition) is 0. The maximum atomic E-state index is 12.8. The fourth-order valence-electron chi connectivity index (χ4n) is 2.71. The SMILES string of the molecule is CC(C)C(=O)c1c(C(C)C)ccc(C(C)C)c1C(=O)C(C)C. The molecule has 0 aromatic heterocycles. The van der Waals surface area contributed by atoms with Crippen LogP contribution in [0.3, 0.4) is 0 Å². The predicted octanol–water partition coefficient (Wildman–Crippen LogP) is 5.61. The van der Waals surface area contributed by atoms with E-state index in [0.717, 1.165) is 11.1 Å². The number of ketones is 2. The van der Waals surface area contributed by atoms with Crippen molar-refractivity contribution >= 4 is 11.6 Å². The molecule has 22 heavy (non-hydrogen) atoms. The van der Waals surface area contributed by atoms with Gasteiger partial charge >= 0.3 is 0 Å². The smallest absolute Gasteiger partial charge is 0.166 e. The summed E-state index contributed by atoms with van der Waals surface area (Å²) in [4.78, 5) is 25.7. The van der Waals surface area contributed by atoms with Crippen LogP contribution in [0.4, 0.5) is 0 Å². The zero-order valence-corrected chi connectivity index (χ0v) is 15.3. The van der Waals surface area contributed by atoms with E-state index < -0.39 is 0 Å². The highest BCUT2D eigenvalue weighted by Crippen LogP contribution is 2.33. The van der Waals surface area contributed by atoms with E-state index in [4.69, 9.17) is 0 Å². The normalized spacial score (nSPS) is 11.8. The minimum Gasteiger partial charge on any atom is -0.294 e. The largest absolute Gasteiger partial charge is 0.294 e. The fourth-order valence-corrected chi connectivity index (χ4v) is 2.71. The summed E-state index contributed by atoms with van der Waals surface area (Å²) in [6.45, 7) is 15.9. The summed E-state index contributed by atoms with van der Waals surface area (Å²) < 4.78 is 0. The summed E-state index contributed by atoms with van der Waals surface area (Å²) in [7, 11) is 0. The lowest BCUT2D eigenvalue weighted by Gasteiger charge is -2.23. The Labute approximate surface area is 135 Å². The highest BCUT2D eigenvalue weighted by Gasteiger charge is 2.28. The maximum Gasteiger partial charge on any atom is 0.166 e. The van der Waals surface area contributed by atoms with Crippen molar-refractivity contribution in [2.24, 2.45) is 11.8 Å². The third kappa shape index (κ3) is 3.66. The molecule has 0 unspecified atom stereocenters. The molecule has 0 saturated heterocycles. The molecule has 0 aliphatic carbocycles. The van der Waals surface area contributed by atoms with Crippen LogP contribution in [0.1, 0.15) is 99.1 Å². The first-order valence-electron chi connectivity index (χ1n) is 8.34. The Balaban J connectivity index is 3.81. The molecule has 0 aliphatic heterocycles. The topological polar surface area (TPSA) is 34.1 Å². The molecular formula is C20H30O2. The van der Waals surface area contributed by atoms with Crippen LogP contribution in [0.25, 0.3) is 0 Å². The molecular weight excluding hydrogens is 272 g/mol. The van der Waals surface area contributed by atoms with Crippen LogP contribution in [0.15, 0.2) is 12.1 Å². The predicted molar refractivity (Wildman–Crippen MR) is 93.0 cm³/mol. The second-order valence-corrected chi connectivity index (χ2v) is 7.34. The molecule has 2 nitrogen and oxygen atoms in total. The van der Waals surface area contributed by atoms with Crippen LogP contribution in [-0.2, 0) is 0 Å². The average Bonchev–Trinajstić information content (AvgIpc) is 2.43. The monoisotopic (exact) mass is 302 g/mol. The summed E-state index contributed by atoms with van der Waals surface area (Å²) in [6.07, 6.45) is 0. The molecule has 1 aromatic carbocycles. The van der Waals surface area contributed by atoms with Crippen molar-refractivity contribution in [2.75, 3.05) is 0 Å². The minimum atomic E-state index is -0.112. The van der Waals surface area contributed by atoms with Crippen molar-refractivity contribution in [3.63, 3.8) is 0 Å². The summed E-state index contributed by atoms with van der Waals surface area (Å²) in [6, 6.07) is 4.07. The van der Waals surface area contributed by atoms with Gasteiger partial charge in [0.25, 0.3) is 0 Å². The molecule has 0 spiro atoms. The molecule has 0 aliphatic rings. The van der Waals surface area contributed by atoms with Gasteiger partial charge in [-0.25, -0.2) is 0 Å². The van der Waals surface area contributed by atoms with Crippen molar-refractivity contribution in [3.8, 4) is 0 Å². The first-order valence-corrected chi connectivity index (χ1v) is 8.34. The Morgan fingerprint density at radius 3 is 1.09 bits per heavy atom. The van der Waals surface area contributed by atoms with Gasteiger partial charge in [-0.15, -0.1) is 0 Å². The zero-order chi connectivity index (χ0) is 17.2. The molecule has 122 valence electrons. The Hall–Kier alpha value is -1.44. The van der Waals surface area contributed by atoms with Crippen molar-refractivity contribution in [3.05, 3.63) is 34.4 Å². The highest BCUT2D eigenvalue weighted by molar-refractivity contribution is 6.12. The fraction of sp³-hybridized carbons (Fsp3) is 0.600. The number of carbonyl (C=O) groups is 2. The van der Waals surface area contributed by atoms with Gasteiger partial charge in [0.15, 0.2) is 11.6 Å². The van der Waals surface area contributed by atoms with Gasteiger partial charge in [-0.2, -0.15) is 0 Å². The van der Waals surface area contributed by atoms with Crippen LogP contribution >= 0.6 is 0 Å². The molecule has 0 heterocycles. The van der Waals surface area contributed by atoms with Crippen molar-refractivity contribution in [2.45, 2.75) is 67.2 Å². The van der Waals surface area contributed by atoms with Gasteiger partial charge in [-0.05, 0) is 23.0 Å². The van der Waals surface area contributed by atoms with Gasteiger partial charge in [0.05, 0.1) is 0 Å². The number of Topliss-reactive ketones (excluding diaryl/α,β-unsaturated/α-hetero) is 2. The van der Waals surface area contributed by atoms with Crippen LogP contribution in [0.5, 0.6) is 0 Å². The van der Waals surface area contributed by atoms with Gasteiger partial charge in [-0.1, -0.05) is 67.5 Å². The van der Waals surface area contributed by atoms with E-state index in [9.17, 15) is 9.59 Å².